The lowest BCUT2D eigenvalue weighted by Crippen LogP contribution is -2.24. The molecule has 0 aromatic carbocycles. The third-order valence-electron chi connectivity index (χ3n) is 1.18. The Morgan fingerprint density at radius 3 is 3.11 bits per heavy atom. The highest BCUT2D eigenvalue weighted by atomic mass is 16.2. The molecule has 0 aliphatic heterocycles. The summed E-state index contributed by atoms with van der Waals surface area (Å²) < 4.78 is 1.71. The fourth-order valence-electron chi connectivity index (χ4n) is 0.717. The Morgan fingerprint density at radius 2 is 2.67 bits per heavy atom. The first-order valence-electron chi connectivity index (χ1n) is 2.87. The highest BCUT2D eigenvalue weighted by molar-refractivity contribution is 6.44. The van der Waals surface area contributed by atoms with Gasteiger partial charge in [0, 0.05) is 18.3 Å². The Kier molecular flexibility index (Phi) is 1.90. The molecule has 0 bridgehead atoms. The molecular formula is C5H8BN2O. The van der Waals surface area contributed by atoms with E-state index in [2.05, 4.69) is 5.10 Å². The monoisotopic (exact) mass is 123 g/mol. The van der Waals surface area contributed by atoms with Gasteiger partial charge in [-0.25, -0.2) is 0 Å². The lowest BCUT2D eigenvalue weighted by molar-refractivity contribution is 0.602. The molecule has 0 saturated heterocycles. The van der Waals surface area contributed by atoms with Crippen molar-refractivity contribution in [1.29, 1.82) is 0 Å². The second-order valence-electron chi connectivity index (χ2n) is 1.70. The van der Waals surface area contributed by atoms with Gasteiger partial charge in [-0.05, 0) is 13.0 Å². The van der Waals surface area contributed by atoms with Crippen LogP contribution in [0.1, 0.15) is 6.92 Å². The van der Waals surface area contributed by atoms with Gasteiger partial charge < -0.3 is 5.02 Å². The number of aryl methyl sites for hydroxylation is 1. The van der Waals surface area contributed by atoms with E-state index in [9.17, 15) is 0 Å². The molecular weight excluding hydrogens is 115 g/mol. The van der Waals surface area contributed by atoms with Gasteiger partial charge in [0.05, 0.1) is 0 Å². The quantitative estimate of drug-likeness (QED) is 0.519. The minimum absolute atomic E-state index is 0.748. The minimum atomic E-state index is 0.748. The van der Waals surface area contributed by atoms with E-state index in [1.807, 2.05) is 6.92 Å². The predicted molar refractivity (Wildman–Crippen MR) is 35.5 cm³/mol. The van der Waals surface area contributed by atoms with Crippen LogP contribution in [0, 0.1) is 0 Å². The van der Waals surface area contributed by atoms with Gasteiger partial charge in [-0.3, -0.25) is 4.68 Å². The maximum absolute atomic E-state index is 8.55. The molecule has 4 heteroatoms. The van der Waals surface area contributed by atoms with Crippen LogP contribution < -0.4 is 5.59 Å². The molecule has 0 fully saturated rings. The summed E-state index contributed by atoms with van der Waals surface area (Å²) in [5, 5.41) is 12.5. The van der Waals surface area contributed by atoms with Crippen LogP contribution in [0.25, 0.3) is 0 Å². The third-order valence-corrected chi connectivity index (χ3v) is 1.18. The SMILES string of the molecule is CCn1nccc1[B]O. The molecule has 0 unspecified atom stereocenters. The average molecular weight is 123 g/mol. The second-order valence-corrected chi connectivity index (χ2v) is 1.70. The molecule has 9 heavy (non-hydrogen) atoms. The maximum Gasteiger partial charge on any atom is 0.347 e. The number of hydrogen-bond donors (Lipinski definition) is 1. The zero-order valence-electron chi connectivity index (χ0n) is 5.28. The predicted octanol–water partition coefficient (Wildman–Crippen LogP) is -0.860. The van der Waals surface area contributed by atoms with Crippen molar-refractivity contribution in [2.24, 2.45) is 0 Å². The smallest absolute Gasteiger partial charge is 0.347 e. The van der Waals surface area contributed by atoms with Crippen molar-refractivity contribution in [2.45, 2.75) is 13.5 Å². The first kappa shape index (κ1) is 6.36. The van der Waals surface area contributed by atoms with Crippen LogP contribution in [0.2, 0.25) is 0 Å². The van der Waals surface area contributed by atoms with Crippen molar-refractivity contribution >= 4 is 13.1 Å². The highest BCUT2D eigenvalue weighted by Crippen LogP contribution is 1.78. The van der Waals surface area contributed by atoms with Crippen molar-refractivity contribution in [3.63, 3.8) is 0 Å². The van der Waals surface area contributed by atoms with Crippen LogP contribution in [0.3, 0.4) is 0 Å². The third kappa shape index (κ3) is 1.13. The van der Waals surface area contributed by atoms with Crippen LogP contribution in [-0.2, 0) is 6.54 Å². The molecule has 1 aromatic rings. The Balaban J connectivity index is 2.85. The van der Waals surface area contributed by atoms with E-state index >= 15 is 0 Å². The van der Waals surface area contributed by atoms with Crippen molar-refractivity contribution in [3.8, 4) is 0 Å². The van der Waals surface area contributed by atoms with Gasteiger partial charge in [-0.1, -0.05) is 0 Å². The number of aromatic nitrogens is 2. The Hall–Kier alpha value is -0.765. The standard InChI is InChI=1S/C5H8BN2O/c1-2-8-5(6-9)3-4-7-8/h3-4,9H,2H2,1H3. The summed E-state index contributed by atoms with van der Waals surface area (Å²) >= 11 is 0. The maximum atomic E-state index is 8.55. The average Bonchev–Trinajstić information content (AvgIpc) is 2.33. The second kappa shape index (κ2) is 2.68. The van der Waals surface area contributed by atoms with E-state index in [1.165, 1.54) is 0 Å². The summed E-state index contributed by atoms with van der Waals surface area (Å²) in [5.74, 6) is 0. The minimum Gasteiger partial charge on any atom is -0.449 e. The summed E-state index contributed by atoms with van der Waals surface area (Å²) in [6.45, 7) is 2.76. The van der Waals surface area contributed by atoms with Crippen LogP contribution in [0.4, 0.5) is 0 Å². The topological polar surface area (TPSA) is 38.0 Å². The number of nitrogens with zero attached hydrogens (tertiary/aromatic N) is 2. The Morgan fingerprint density at radius 1 is 1.89 bits per heavy atom. The highest BCUT2D eigenvalue weighted by Gasteiger charge is 1.98. The zero-order valence-corrected chi connectivity index (χ0v) is 5.28. The first-order chi connectivity index (χ1) is 4.38. The van der Waals surface area contributed by atoms with Crippen LogP contribution in [0.15, 0.2) is 12.3 Å². The summed E-state index contributed by atoms with van der Waals surface area (Å²) in [6.07, 6.45) is 1.66. The van der Waals surface area contributed by atoms with Gasteiger partial charge in [0.2, 0.25) is 0 Å². The number of hydrogen-bond acceptors (Lipinski definition) is 2. The lowest BCUT2D eigenvalue weighted by atomic mass is 9.96. The van der Waals surface area contributed by atoms with Crippen molar-refractivity contribution in [3.05, 3.63) is 12.3 Å². The molecule has 47 valence electrons. The molecule has 0 aliphatic carbocycles. The van der Waals surface area contributed by atoms with Crippen molar-refractivity contribution < 1.29 is 5.02 Å². The molecule has 1 heterocycles. The molecule has 0 aliphatic rings. The molecule has 0 spiro atoms. The molecule has 1 aromatic heterocycles. The van der Waals surface area contributed by atoms with E-state index < -0.39 is 0 Å². The summed E-state index contributed by atoms with van der Waals surface area (Å²) in [7, 11) is 1.05. The zero-order chi connectivity index (χ0) is 6.69. The van der Waals surface area contributed by atoms with E-state index in [0.717, 1.165) is 19.6 Å². The fraction of sp³-hybridized carbons (Fsp3) is 0.400. The van der Waals surface area contributed by atoms with Gasteiger partial charge in [0.15, 0.2) is 0 Å². The lowest BCUT2D eigenvalue weighted by Gasteiger charge is -1.97. The van der Waals surface area contributed by atoms with Gasteiger partial charge in [-0.15, -0.1) is 0 Å². The molecule has 1 rings (SSSR count). The Labute approximate surface area is 54.6 Å². The molecule has 1 radical (unpaired) electrons. The summed E-state index contributed by atoms with van der Waals surface area (Å²) in [5.41, 5.74) is 0.748. The van der Waals surface area contributed by atoms with E-state index in [1.54, 1.807) is 16.9 Å². The van der Waals surface area contributed by atoms with Gasteiger partial charge in [0.25, 0.3) is 0 Å². The fourth-order valence-corrected chi connectivity index (χ4v) is 0.717. The Bertz CT molecular complexity index is 168. The van der Waals surface area contributed by atoms with Crippen molar-refractivity contribution in [2.75, 3.05) is 0 Å². The molecule has 0 atom stereocenters. The number of rotatable bonds is 2. The largest absolute Gasteiger partial charge is 0.449 e. The van der Waals surface area contributed by atoms with Gasteiger partial charge >= 0.3 is 7.48 Å². The normalized spacial score (nSPS) is 9.56. The molecule has 0 amide bonds. The van der Waals surface area contributed by atoms with Crippen LogP contribution >= 0.6 is 0 Å². The van der Waals surface area contributed by atoms with Gasteiger partial charge in [-0.2, -0.15) is 5.10 Å². The summed E-state index contributed by atoms with van der Waals surface area (Å²) in [4.78, 5) is 0. The molecule has 3 nitrogen and oxygen atoms in total. The molecule has 1 N–H and O–H groups in total. The van der Waals surface area contributed by atoms with E-state index in [0.29, 0.717) is 0 Å². The van der Waals surface area contributed by atoms with Gasteiger partial charge in [0.1, 0.15) is 0 Å². The van der Waals surface area contributed by atoms with E-state index in [4.69, 9.17) is 5.02 Å². The van der Waals surface area contributed by atoms with Crippen LogP contribution in [0.5, 0.6) is 0 Å². The van der Waals surface area contributed by atoms with E-state index in [-0.39, 0.29) is 0 Å². The van der Waals surface area contributed by atoms with Crippen LogP contribution in [-0.4, -0.2) is 22.3 Å². The first-order valence-corrected chi connectivity index (χ1v) is 2.87. The molecule has 0 saturated carbocycles. The summed E-state index contributed by atoms with van der Waals surface area (Å²) in [6, 6.07) is 1.75. The van der Waals surface area contributed by atoms with Crippen molar-refractivity contribution in [1.82, 2.24) is 9.78 Å².